The molecule has 0 spiro atoms. The highest BCUT2D eigenvalue weighted by atomic mass is 16.8. The SMILES string of the molecule is CC(=O)N[C@H]1[C@H](O[C@@H]([C@H](O)[C@H](CO)NC(C)=O)[C@H](O)CO[C@@H]2O[C@@H](C)[C@@H](O)[C@@H](O)[C@@H]2O)O[C@H](CO)[C@@H](O[C@@H]2O[C@H](CO[C@H]3O[C@H](CO)[C@@H](O)[C@H](O)[C@@H]3O[C@@H]3O[C@H](CO)[C@@H](O[C@@H]4O[C@H](CO)[C@H](O)[C@H](O[C@H]5O[C@H](CO)[C@H](O)[C@H](O)[C@H]5NC(C)=O)[C@H]4O[C@@H]4O[C@@H](C)[C@@H](O)[C@@H](O)[C@@H]4O)[C@H](O)[C@H]3NC(C)=O)[C@@H](O)[C@H](O[C@H]3O[C@H](CO)[C@@H](O)[C@H](O)[C@@H]3O[C@@H]3O[C@H](CO)[C@@H](O[C@@H]4O[C@H](CO)[C@H](O)[C@H](O)[C@H]4O)[C@H](O)[C@H]3NC(C)=O)[C@@H]2O)[C@@H]1O. The first-order chi connectivity index (χ1) is 69.0. The summed E-state index contributed by atoms with van der Waals surface area (Å²) in [7, 11) is 0. The minimum Gasteiger partial charge on any atom is -0.394 e. The molecule has 0 unspecified atom stereocenters. The van der Waals surface area contributed by atoms with Crippen LogP contribution < -0.4 is 26.6 Å². The quantitative estimate of drug-likeness (QED) is 0.0270. The van der Waals surface area contributed by atoms with Gasteiger partial charge >= 0.3 is 0 Å². The summed E-state index contributed by atoms with van der Waals surface area (Å²) in [5.74, 6) is -4.93. The van der Waals surface area contributed by atoms with Crippen LogP contribution in [0.1, 0.15) is 48.5 Å². The third kappa shape index (κ3) is 27.4. The Morgan fingerprint density at radius 2 is 0.548 bits per heavy atom. The molecule has 5 amide bonds. The molecule has 11 rings (SSSR count). The monoisotopic (exact) mass is 2140 g/mol. The molecule has 0 bridgehead atoms. The minimum atomic E-state index is -2.72. The van der Waals surface area contributed by atoms with Crippen molar-refractivity contribution in [3.8, 4) is 0 Å². The molecule has 37 N–H and O–H groups in total. The van der Waals surface area contributed by atoms with Gasteiger partial charge in [-0.1, -0.05) is 0 Å². The molecule has 146 heavy (non-hydrogen) atoms. The number of carbonyl (C=O) groups is 5. The number of aliphatic hydroxyl groups is 32. The van der Waals surface area contributed by atoms with Gasteiger partial charge in [0.2, 0.25) is 29.5 Å². The Morgan fingerprint density at radius 3 is 0.979 bits per heavy atom. The van der Waals surface area contributed by atoms with Crippen LogP contribution in [0.15, 0.2) is 0 Å². The van der Waals surface area contributed by atoms with Crippen LogP contribution in [0.2, 0.25) is 0 Å². The maximum Gasteiger partial charge on any atom is 0.217 e. The van der Waals surface area contributed by atoms with Gasteiger partial charge in [0, 0.05) is 34.6 Å². The fourth-order valence-electron chi connectivity index (χ4n) is 18.7. The van der Waals surface area contributed by atoms with Gasteiger partial charge in [0.25, 0.3) is 0 Å². The third-order valence-electron chi connectivity index (χ3n) is 26.7. The van der Waals surface area contributed by atoms with Crippen LogP contribution >= 0.6 is 0 Å². The lowest BCUT2D eigenvalue weighted by Crippen LogP contribution is -2.71. The molecule has 0 saturated carbocycles. The minimum absolute atomic E-state index is 0.864. The number of aliphatic hydroxyl groups excluding tert-OH is 32. The number of ether oxygens (including phenoxy) is 22. The number of rotatable bonds is 41. The fraction of sp³-hybridized carbons (Fsp3) is 0.939. The maximum atomic E-state index is 13.5. The van der Waals surface area contributed by atoms with E-state index in [1.165, 1.54) is 13.8 Å². The second-order valence-electron chi connectivity index (χ2n) is 37.1. The molecule has 11 aliphatic rings. The fourth-order valence-corrected chi connectivity index (χ4v) is 18.7. The summed E-state index contributed by atoms with van der Waals surface area (Å²) >= 11 is 0. The van der Waals surface area contributed by atoms with E-state index in [0.29, 0.717) is 0 Å². The predicted molar refractivity (Wildman–Crippen MR) is 452 cm³/mol. The summed E-state index contributed by atoms with van der Waals surface area (Å²) in [6.45, 7) is -6.13. The summed E-state index contributed by atoms with van der Waals surface area (Å²) in [5.41, 5.74) is 0. The van der Waals surface area contributed by atoms with Gasteiger partial charge in [0.1, 0.15) is 274 Å². The van der Waals surface area contributed by atoms with Crippen LogP contribution in [0.4, 0.5) is 0 Å². The maximum absolute atomic E-state index is 13.5. The highest BCUT2D eigenvalue weighted by Gasteiger charge is 2.64. The van der Waals surface area contributed by atoms with Gasteiger partial charge in [-0.05, 0) is 13.8 Å². The van der Waals surface area contributed by atoms with Gasteiger partial charge in [0.05, 0.1) is 90.9 Å². The normalized spacial score (nSPS) is 47.5. The van der Waals surface area contributed by atoms with E-state index in [1.54, 1.807) is 0 Å². The van der Waals surface area contributed by atoms with E-state index in [2.05, 4.69) is 26.6 Å². The van der Waals surface area contributed by atoms with Gasteiger partial charge < -0.3 is 294 Å². The Morgan fingerprint density at radius 1 is 0.253 bits per heavy atom. The van der Waals surface area contributed by atoms with E-state index >= 15 is 0 Å². The Hall–Kier alpha value is -4.81. The van der Waals surface area contributed by atoms with Crippen molar-refractivity contribution >= 4 is 29.5 Å². The molecule has 0 aromatic heterocycles. The number of nitrogens with one attached hydrogen (secondary N) is 5. The molecule has 11 fully saturated rings. The molecule has 11 saturated heterocycles. The van der Waals surface area contributed by atoms with Crippen LogP contribution in [0.25, 0.3) is 0 Å². The van der Waals surface area contributed by atoms with Crippen molar-refractivity contribution in [2.45, 2.75) is 410 Å². The van der Waals surface area contributed by atoms with Gasteiger partial charge in [0.15, 0.2) is 69.2 Å². The van der Waals surface area contributed by atoms with Crippen molar-refractivity contribution in [3.63, 3.8) is 0 Å². The number of hydrogen-bond acceptors (Lipinski definition) is 59. The van der Waals surface area contributed by atoms with E-state index in [-0.39, 0.29) is 0 Å². The predicted octanol–water partition coefficient (Wildman–Crippen LogP) is -24.7. The van der Waals surface area contributed by atoms with Crippen LogP contribution in [0.3, 0.4) is 0 Å². The van der Waals surface area contributed by atoms with Crippen molar-refractivity contribution in [2.75, 3.05) is 72.7 Å². The molecule has 0 aromatic rings. The number of hydrogen-bond donors (Lipinski definition) is 37. The first kappa shape index (κ1) is 121. The molecule has 0 radical (unpaired) electrons. The van der Waals surface area contributed by atoms with Crippen LogP contribution in [0.5, 0.6) is 0 Å². The van der Waals surface area contributed by atoms with Crippen molar-refractivity contribution in [1.82, 2.24) is 26.6 Å². The topological polar surface area (TPSA) is 996 Å². The first-order valence-electron chi connectivity index (χ1n) is 46.8. The van der Waals surface area contributed by atoms with E-state index in [4.69, 9.17) is 104 Å². The summed E-state index contributed by atoms with van der Waals surface area (Å²) in [6.07, 6.45) is -117. The first-order valence-corrected chi connectivity index (χ1v) is 46.8. The molecule has 11 aliphatic heterocycles. The van der Waals surface area contributed by atoms with Crippen LogP contribution in [-0.4, -0.2) is 627 Å². The van der Waals surface area contributed by atoms with E-state index < -0.39 is 464 Å². The molecule has 0 aliphatic carbocycles. The number of amides is 5. The smallest absolute Gasteiger partial charge is 0.217 e. The molecule has 64 nitrogen and oxygen atoms in total. The molecule has 11 heterocycles. The highest BCUT2D eigenvalue weighted by molar-refractivity contribution is 5.75. The van der Waals surface area contributed by atoms with Crippen LogP contribution in [-0.2, 0) is 128 Å². The molecule has 0 aromatic carbocycles. The molecule has 846 valence electrons. The lowest BCUT2D eigenvalue weighted by molar-refractivity contribution is -0.403. The largest absolute Gasteiger partial charge is 0.394 e. The Labute approximate surface area is 828 Å². The van der Waals surface area contributed by atoms with Gasteiger partial charge in [-0.25, -0.2) is 0 Å². The second-order valence-corrected chi connectivity index (χ2v) is 37.1. The molecular formula is C82H139N5O59. The Kier molecular flexibility index (Phi) is 44.5. The molecule has 59 atom stereocenters. The zero-order valence-electron chi connectivity index (χ0n) is 79.2. The number of carbonyl (C=O) groups excluding carboxylic acids is 5. The van der Waals surface area contributed by atoms with Gasteiger partial charge in [-0.2, -0.15) is 0 Å². The van der Waals surface area contributed by atoms with E-state index in [9.17, 15) is 187 Å². The average molecular weight is 2140 g/mol. The van der Waals surface area contributed by atoms with E-state index in [1.807, 2.05) is 0 Å². The van der Waals surface area contributed by atoms with Gasteiger partial charge in [-0.15, -0.1) is 0 Å². The zero-order valence-corrected chi connectivity index (χ0v) is 79.2. The van der Waals surface area contributed by atoms with Gasteiger partial charge in [-0.3, -0.25) is 24.0 Å². The third-order valence-corrected chi connectivity index (χ3v) is 26.7. The van der Waals surface area contributed by atoms with Crippen molar-refractivity contribution in [1.29, 1.82) is 0 Å². The second kappa shape index (κ2) is 53.6. The lowest BCUT2D eigenvalue weighted by Gasteiger charge is -2.51. The Bertz CT molecular complexity index is 4040. The highest BCUT2D eigenvalue weighted by Crippen LogP contribution is 2.43. The Balaban J connectivity index is 0.937. The van der Waals surface area contributed by atoms with Crippen molar-refractivity contribution in [2.24, 2.45) is 0 Å². The van der Waals surface area contributed by atoms with Crippen LogP contribution in [0, 0.1) is 0 Å². The van der Waals surface area contributed by atoms with E-state index in [0.717, 1.165) is 34.6 Å². The summed E-state index contributed by atoms with van der Waals surface area (Å²) in [4.78, 5) is 65.1. The summed E-state index contributed by atoms with van der Waals surface area (Å²) in [6, 6.07) is -9.93. The summed E-state index contributed by atoms with van der Waals surface area (Å²) < 4.78 is 133. The lowest BCUT2D eigenvalue weighted by atomic mass is 9.94. The van der Waals surface area contributed by atoms with Crippen molar-refractivity contribution < 1.29 is 292 Å². The molecule has 64 heteroatoms. The summed E-state index contributed by atoms with van der Waals surface area (Å²) in [5, 5.41) is 374. The van der Waals surface area contributed by atoms with Crippen molar-refractivity contribution in [3.05, 3.63) is 0 Å². The zero-order chi connectivity index (χ0) is 108. The molecular weight excluding hydrogens is 2000 g/mol. The standard InChI is InChI=1S/C82H139N5O59/c1-19-41(103)54(116)59(121)76(127-19)125-17-27(102)63(43(105)26(8-88)83-21(3)97)138-73-38(85-23(5)99)51(113)65(34(15-95)134-73)140-79-62(124)67(142-81-70(58(120)47(109)31(12-92)132-81)145-75-39(86-24(6)100)52(114)64(33(14-94)135-75)139-78-61(123)56(118)45(107)29(10-90)130-78)49(111)36(137-79)18-126-80-69(57(119)46(108)30(11-91)131-80)144-74-40(87-25(7)101)53(115)66(35(16-96)136-74)141-82-71(146-77-60(122)55(117)42(104)20(2)128-77)68(48(110)32(13-93)133-82)143-72-37(84-22(4)98)50(112)44(106)28(9-89)129-72/h19-20,26-82,88-96,102-124H,8-18H2,1-7H3,(H,83,97)(H,84,98)(H,85,99)(H,86,100)(H,87,101)/t19-,20-,26-,27+,28+,29+,30+,31+,32+,33+,34+,35+,36+,37+,38+,39+,40+,41+,42+,43+,44-,45-,46+,47+,48-,49+,50+,51+,52+,53+,54+,55+,56-,57-,58-,59-,60-,61+,62-,63+,64+,65+,66+,67-,68-,69-,70-,71+,72+,73-,74-,75-,76+,77-,78-,79-,80-,81+,82-/m0/s1. The average Bonchev–Trinajstić information content (AvgIpc) is 0.758.